The number of halogens is 1. The van der Waals surface area contributed by atoms with Crippen LogP contribution in [-0.2, 0) is 6.42 Å². The Morgan fingerprint density at radius 2 is 2.00 bits per heavy atom. The summed E-state index contributed by atoms with van der Waals surface area (Å²) in [6, 6.07) is 7.81. The fourth-order valence-corrected chi connectivity index (χ4v) is 1.87. The molecule has 4 heteroatoms. The minimum absolute atomic E-state index is 0.00335. The smallest absolute Gasteiger partial charge is 0.183 e. The Morgan fingerprint density at radius 1 is 1.29 bits per heavy atom. The molecule has 2 nitrogen and oxygen atoms in total. The molecule has 0 atom stereocenters. The molecular formula is C13H13FN2S. The van der Waals surface area contributed by atoms with E-state index < -0.39 is 5.82 Å². The molecule has 0 radical (unpaired) electrons. The molecule has 1 aromatic heterocycles. The van der Waals surface area contributed by atoms with Gasteiger partial charge in [-0.05, 0) is 12.0 Å². The first kappa shape index (κ1) is 11.9. The molecule has 0 spiro atoms. The first-order valence-corrected chi connectivity index (χ1v) is 5.95. The van der Waals surface area contributed by atoms with Crippen LogP contribution < -0.4 is 0 Å². The van der Waals surface area contributed by atoms with Crippen molar-refractivity contribution in [3.63, 3.8) is 0 Å². The van der Waals surface area contributed by atoms with E-state index in [1.165, 1.54) is 11.9 Å². The summed E-state index contributed by atoms with van der Waals surface area (Å²) < 4.78 is 13.7. The Bertz CT molecular complexity index is 560. The molecule has 2 aromatic rings. The maximum Gasteiger partial charge on any atom is 0.183 e. The number of aryl methyl sites for hydroxylation is 1. The van der Waals surface area contributed by atoms with Gasteiger partial charge in [-0.15, -0.1) is 0 Å². The van der Waals surface area contributed by atoms with Crippen molar-refractivity contribution < 1.29 is 4.39 Å². The molecule has 0 aliphatic rings. The second-order valence-corrected chi connectivity index (χ2v) is 4.23. The predicted molar refractivity (Wildman–Crippen MR) is 68.8 cm³/mol. The standard InChI is InChI=1S/C13H13FN2S/c1-2-3-9-4-6-10(7-5-9)12-11(14)13(17)16-8-15-12/h4-8H,2-3H2,1H3,(H,15,16,17). The van der Waals surface area contributed by atoms with Crippen LogP contribution in [0.15, 0.2) is 30.6 Å². The summed E-state index contributed by atoms with van der Waals surface area (Å²) in [7, 11) is 0. The third kappa shape index (κ3) is 2.58. The van der Waals surface area contributed by atoms with E-state index in [2.05, 4.69) is 16.9 Å². The molecule has 1 aromatic carbocycles. The minimum Gasteiger partial charge on any atom is -0.343 e. The average molecular weight is 248 g/mol. The van der Waals surface area contributed by atoms with E-state index in [9.17, 15) is 4.39 Å². The first-order chi connectivity index (χ1) is 8.22. The highest BCUT2D eigenvalue weighted by atomic mass is 32.1. The van der Waals surface area contributed by atoms with Gasteiger partial charge in [0.15, 0.2) is 10.5 Å². The monoisotopic (exact) mass is 248 g/mol. The van der Waals surface area contributed by atoms with Crippen LogP contribution in [0, 0.1) is 10.5 Å². The lowest BCUT2D eigenvalue weighted by atomic mass is 10.1. The Hall–Kier alpha value is -1.55. The van der Waals surface area contributed by atoms with Gasteiger partial charge >= 0.3 is 0 Å². The minimum atomic E-state index is -0.467. The molecule has 0 fully saturated rings. The van der Waals surface area contributed by atoms with Gasteiger partial charge in [-0.25, -0.2) is 9.37 Å². The van der Waals surface area contributed by atoms with Gasteiger partial charge in [0.2, 0.25) is 0 Å². The van der Waals surface area contributed by atoms with E-state index in [4.69, 9.17) is 12.2 Å². The molecule has 0 saturated heterocycles. The van der Waals surface area contributed by atoms with Crippen LogP contribution in [0.1, 0.15) is 18.9 Å². The molecule has 1 N–H and O–H groups in total. The maximum absolute atomic E-state index is 13.7. The van der Waals surface area contributed by atoms with E-state index in [-0.39, 0.29) is 4.64 Å². The zero-order valence-corrected chi connectivity index (χ0v) is 10.4. The van der Waals surface area contributed by atoms with Crippen molar-refractivity contribution in [3.05, 3.63) is 46.6 Å². The molecule has 2 rings (SSSR count). The predicted octanol–water partition coefficient (Wildman–Crippen LogP) is 3.90. The number of H-pyrrole nitrogens is 1. The topological polar surface area (TPSA) is 28.7 Å². The molecule has 0 saturated carbocycles. The highest BCUT2D eigenvalue weighted by molar-refractivity contribution is 7.71. The van der Waals surface area contributed by atoms with Crippen LogP contribution >= 0.6 is 12.2 Å². The summed E-state index contributed by atoms with van der Waals surface area (Å²) in [5.41, 5.74) is 2.44. The number of nitrogens with zero attached hydrogens (tertiary/aromatic N) is 1. The zero-order valence-electron chi connectivity index (χ0n) is 9.53. The van der Waals surface area contributed by atoms with Gasteiger partial charge < -0.3 is 4.98 Å². The normalized spacial score (nSPS) is 10.5. The Kier molecular flexibility index (Phi) is 3.64. The number of hydrogen-bond donors (Lipinski definition) is 1. The van der Waals surface area contributed by atoms with Gasteiger partial charge in [0.25, 0.3) is 0 Å². The third-order valence-electron chi connectivity index (χ3n) is 2.58. The lowest BCUT2D eigenvalue weighted by Gasteiger charge is -2.04. The summed E-state index contributed by atoms with van der Waals surface area (Å²) in [4.78, 5) is 6.49. The van der Waals surface area contributed by atoms with Crippen LogP contribution in [0.5, 0.6) is 0 Å². The first-order valence-electron chi connectivity index (χ1n) is 5.55. The van der Waals surface area contributed by atoms with Gasteiger partial charge in [-0.3, -0.25) is 0 Å². The van der Waals surface area contributed by atoms with Crippen molar-refractivity contribution in [3.8, 4) is 11.3 Å². The molecule has 1 heterocycles. The summed E-state index contributed by atoms with van der Waals surface area (Å²) in [5.74, 6) is -0.467. The molecule has 0 aliphatic carbocycles. The molecular weight excluding hydrogens is 235 g/mol. The second-order valence-electron chi connectivity index (χ2n) is 3.84. The quantitative estimate of drug-likeness (QED) is 0.835. The number of hydrogen-bond acceptors (Lipinski definition) is 2. The molecule has 0 bridgehead atoms. The second kappa shape index (κ2) is 5.19. The van der Waals surface area contributed by atoms with E-state index in [1.54, 1.807) is 0 Å². The van der Waals surface area contributed by atoms with Crippen LogP contribution in [0.3, 0.4) is 0 Å². The SMILES string of the molecule is CCCc1ccc(-c2[nH]cnc(=S)c2F)cc1. The molecule has 0 aliphatic heterocycles. The van der Waals surface area contributed by atoms with Gasteiger partial charge in [0.05, 0.1) is 12.0 Å². The van der Waals surface area contributed by atoms with Crippen LogP contribution in [0.25, 0.3) is 11.3 Å². The van der Waals surface area contributed by atoms with Crippen LogP contribution in [0.2, 0.25) is 0 Å². The van der Waals surface area contributed by atoms with Crippen molar-refractivity contribution in [1.82, 2.24) is 9.97 Å². The maximum atomic E-state index is 13.7. The van der Waals surface area contributed by atoms with Gasteiger partial charge in [-0.2, -0.15) is 0 Å². The lowest BCUT2D eigenvalue weighted by Crippen LogP contribution is -1.93. The summed E-state index contributed by atoms with van der Waals surface area (Å²) >= 11 is 4.80. The summed E-state index contributed by atoms with van der Waals surface area (Å²) in [5, 5.41) is 0. The van der Waals surface area contributed by atoms with Gasteiger partial charge in [-0.1, -0.05) is 49.8 Å². The van der Waals surface area contributed by atoms with Gasteiger partial charge in [0, 0.05) is 5.56 Å². The van der Waals surface area contributed by atoms with Crippen LogP contribution in [0.4, 0.5) is 4.39 Å². The fourth-order valence-electron chi connectivity index (χ4n) is 1.72. The Balaban J connectivity index is 2.40. The molecule has 0 unspecified atom stereocenters. The Morgan fingerprint density at radius 3 is 2.65 bits per heavy atom. The fraction of sp³-hybridized carbons (Fsp3) is 0.231. The third-order valence-corrected chi connectivity index (χ3v) is 2.86. The molecule has 0 amide bonds. The number of rotatable bonds is 3. The number of aromatic amines is 1. The number of aromatic nitrogens is 2. The highest BCUT2D eigenvalue weighted by Crippen LogP contribution is 2.20. The lowest BCUT2D eigenvalue weighted by molar-refractivity contribution is 0.613. The largest absolute Gasteiger partial charge is 0.343 e. The summed E-state index contributed by atoms with van der Waals surface area (Å²) in [6.07, 6.45) is 3.56. The van der Waals surface area contributed by atoms with E-state index in [0.29, 0.717) is 5.69 Å². The summed E-state index contributed by atoms with van der Waals surface area (Å²) in [6.45, 7) is 2.13. The van der Waals surface area contributed by atoms with Crippen molar-refractivity contribution in [2.45, 2.75) is 19.8 Å². The Labute approximate surface area is 105 Å². The van der Waals surface area contributed by atoms with Gasteiger partial charge in [0.1, 0.15) is 0 Å². The number of nitrogens with one attached hydrogen (secondary N) is 1. The van der Waals surface area contributed by atoms with Crippen molar-refractivity contribution in [2.75, 3.05) is 0 Å². The van der Waals surface area contributed by atoms with Crippen molar-refractivity contribution in [1.29, 1.82) is 0 Å². The van der Waals surface area contributed by atoms with E-state index in [1.807, 2.05) is 24.3 Å². The number of benzene rings is 1. The molecule has 17 heavy (non-hydrogen) atoms. The van der Waals surface area contributed by atoms with E-state index >= 15 is 0 Å². The molecule has 88 valence electrons. The zero-order chi connectivity index (χ0) is 12.3. The van der Waals surface area contributed by atoms with E-state index in [0.717, 1.165) is 18.4 Å². The average Bonchev–Trinajstić information content (AvgIpc) is 2.34. The van der Waals surface area contributed by atoms with Crippen LogP contribution in [-0.4, -0.2) is 9.97 Å². The van der Waals surface area contributed by atoms with Crippen molar-refractivity contribution >= 4 is 12.2 Å². The highest BCUT2D eigenvalue weighted by Gasteiger charge is 2.07. The van der Waals surface area contributed by atoms with Crippen molar-refractivity contribution in [2.24, 2.45) is 0 Å².